The molecular formula is C19H29FN6. The van der Waals surface area contributed by atoms with Crippen LogP contribution in [0.25, 0.3) is 0 Å². The highest BCUT2D eigenvalue weighted by Gasteiger charge is 2.34. The van der Waals surface area contributed by atoms with E-state index in [4.69, 9.17) is 0 Å². The van der Waals surface area contributed by atoms with Gasteiger partial charge < -0.3 is 4.90 Å². The topological polar surface area (TPSA) is 50.1 Å². The summed E-state index contributed by atoms with van der Waals surface area (Å²) in [6.07, 6.45) is 0. The van der Waals surface area contributed by atoms with Gasteiger partial charge in [-0.05, 0) is 49.2 Å². The molecule has 1 saturated heterocycles. The molecule has 7 heteroatoms. The molecule has 1 aromatic carbocycles. The molecular weight excluding hydrogens is 331 g/mol. The van der Waals surface area contributed by atoms with Crippen molar-refractivity contribution in [2.75, 3.05) is 31.1 Å². The molecule has 0 saturated carbocycles. The van der Waals surface area contributed by atoms with Gasteiger partial charge in [0.05, 0.1) is 17.3 Å². The molecule has 2 aromatic rings. The number of hydrogen-bond acceptors (Lipinski definition) is 5. The van der Waals surface area contributed by atoms with Crippen molar-refractivity contribution in [1.29, 1.82) is 0 Å². The van der Waals surface area contributed by atoms with Crippen LogP contribution in [-0.4, -0.2) is 51.3 Å². The second-order valence-electron chi connectivity index (χ2n) is 8.28. The van der Waals surface area contributed by atoms with E-state index in [1.165, 1.54) is 6.07 Å². The number of benzene rings is 1. The van der Waals surface area contributed by atoms with E-state index < -0.39 is 0 Å². The molecule has 26 heavy (non-hydrogen) atoms. The molecule has 1 atom stereocenters. The first-order valence-corrected chi connectivity index (χ1v) is 9.31. The highest BCUT2D eigenvalue weighted by atomic mass is 19.1. The molecule has 1 fully saturated rings. The van der Waals surface area contributed by atoms with E-state index >= 15 is 0 Å². The van der Waals surface area contributed by atoms with Gasteiger partial charge in [0.25, 0.3) is 0 Å². The standard InChI is InChI=1S/C19H29FN6/c1-14(2)17(18-21-22-23-26(18)19(3,4)5)25-12-10-24(11-13-25)16-9-7-6-8-15(16)20/h6-9,14,17H,10-13H2,1-5H3/t17-/m0/s1. The van der Waals surface area contributed by atoms with E-state index in [0.29, 0.717) is 11.6 Å². The summed E-state index contributed by atoms with van der Waals surface area (Å²) in [5.41, 5.74) is 0.522. The predicted octanol–water partition coefficient (Wildman–Crippen LogP) is 3.09. The zero-order valence-electron chi connectivity index (χ0n) is 16.4. The van der Waals surface area contributed by atoms with Gasteiger partial charge in [-0.2, -0.15) is 0 Å². The molecule has 0 aliphatic carbocycles. The molecule has 1 aromatic heterocycles. The Kier molecular flexibility index (Phi) is 5.27. The molecule has 0 spiro atoms. The van der Waals surface area contributed by atoms with Gasteiger partial charge in [-0.1, -0.05) is 26.0 Å². The number of nitrogens with zero attached hydrogens (tertiary/aromatic N) is 6. The van der Waals surface area contributed by atoms with Gasteiger partial charge in [0.2, 0.25) is 0 Å². The van der Waals surface area contributed by atoms with E-state index in [2.05, 4.69) is 59.9 Å². The molecule has 0 bridgehead atoms. The van der Waals surface area contributed by atoms with Crippen LogP contribution >= 0.6 is 0 Å². The Hall–Kier alpha value is -2.02. The second kappa shape index (κ2) is 7.31. The molecule has 0 amide bonds. The van der Waals surface area contributed by atoms with E-state index in [0.717, 1.165) is 32.0 Å². The molecule has 3 rings (SSSR count). The number of para-hydroxylation sites is 1. The fourth-order valence-corrected chi connectivity index (χ4v) is 3.69. The van der Waals surface area contributed by atoms with Crippen LogP contribution in [0.1, 0.15) is 46.5 Å². The summed E-state index contributed by atoms with van der Waals surface area (Å²) in [4.78, 5) is 4.55. The predicted molar refractivity (Wildman–Crippen MR) is 101 cm³/mol. The van der Waals surface area contributed by atoms with Gasteiger partial charge in [-0.15, -0.1) is 5.10 Å². The van der Waals surface area contributed by atoms with Gasteiger partial charge in [-0.3, -0.25) is 4.90 Å². The van der Waals surface area contributed by atoms with Crippen molar-refractivity contribution in [3.8, 4) is 0 Å². The summed E-state index contributed by atoms with van der Waals surface area (Å²) in [6.45, 7) is 14.0. The Morgan fingerprint density at radius 3 is 2.27 bits per heavy atom. The van der Waals surface area contributed by atoms with Crippen molar-refractivity contribution in [1.82, 2.24) is 25.1 Å². The lowest BCUT2D eigenvalue weighted by Gasteiger charge is -2.41. The summed E-state index contributed by atoms with van der Waals surface area (Å²) in [6, 6.07) is 7.14. The fraction of sp³-hybridized carbons (Fsp3) is 0.632. The normalized spacial score (nSPS) is 17.7. The second-order valence-corrected chi connectivity index (χ2v) is 8.28. The Morgan fingerprint density at radius 2 is 1.69 bits per heavy atom. The first-order valence-electron chi connectivity index (χ1n) is 9.31. The van der Waals surface area contributed by atoms with E-state index in [1.54, 1.807) is 6.07 Å². The number of aromatic nitrogens is 4. The maximum Gasteiger partial charge on any atom is 0.169 e. The molecule has 1 aliphatic rings. The third-order valence-corrected chi connectivity index (χ3v) is 4.93. The number of piperazine rings is 1. The van der Waals surface area contributed by atoms with Gasteiger partial charge in [0.1, 0.15) is 5.82 Å². The zero-order valence-corrected chi connectivity index (χ0v) is 16.4. The van der Waals surface area contributed by atoms with Crippen LogP contribution in [0, 0.1) is 11.7 Å². The minimum atomic E-state index is -0.166. The monoisotopic (exact) mass is 360 g/mol. The summed E-state index contributed by atoms with van der Waals surface area (Å²) < 4.78 is 16.0. The van der Waals surface area contributed by atoms with Crippen LogP contribution in [-0.2, 0) is 5.54 Å². The number of tetrazole rings is 1. The molecule has 0 radical (unpaired) electrons. The number of hydrogen-bond donors (Lipinski definition) is 0. The average molecular weight is 360 g/mol. The average Bonchev–Trinajstić information content (AvgIpc) is 3.05. The van der Waals surface area contributed by atoms with Crippen LogP contribution in [0.5, 0.6) is 0 Å². The Bertz CT molecular complexity index is 728. The Labute approximate surface area is 155 Å². The maximum atomic E-state index is 14.1. The minimum Gasteiger partial charge on any atom is -0.367 e. The molecule has 142 valence electrons. The van der Waals surface area contributed by atoms with Crippen molar-refractivity contribution in [2.24, 2.45) is 5.92 Å². The molecule has 6 nitrogen and oxygen atoms in total. The fourth-order valence-electron chi connectivity index (χ4n) is 3.69. The van der Waals surface area contributed by atoms with Crippen LogP contribution < -0.4 is 4.90 Å². The number of halogens is 1. The first kappa shape index (κ1) is 18.8. The van der Waals surface area contributed by atoms with Crippen LogP contribution in [0.15, 0.2) is 24.3 Å². The van der Waals surface area contributed by atoms with Crippen molar-refractivity contribution < 1.29 is 4.39 Å². The van der Waals surface area contributed by atoms with Crippen LogP contribution in [0.4, 0.5) is 10.1 Å². The molecule has 1 aliphatic heterocycles. The summed E-state index contributed by atoms with van der Waals surface area (Å²) in [5.74, 6) is 1.13. The summed E-state index contributed by atoms with van der Waals surface area (Å²) in [7, 11) is 0. The third-order valence-electron chi connectivity index (χ3n) is 4.93. The smallest absolute Gasteiger partial charge is 0.169 e. The molecule has 0 N–H and O–H groups in total. The Morgan fingerprint density at radius 1 is 1.04 bits per heavy atom. The van der Waals surface area contributed by atoms with Crippen molar-refractivity contribution in [2.45, 2.75) is 46.2 Å². The van der Waals surface area contributed by atoms with Crippen molar-refractivity contribution in [3.05, 3.63) is 35.9 Å². The lowest BCUT2D eigenvalue weighted by atomic mass is 9.99. The van der Waals surface area contributed by atoms with Gasteiger partial charge in [0, 0.05) is 26.2 Å². The van der Waals surface area contributed by atoms with Gasteiger partial charge in [0.15, 0.2) is 5.82 Å². The third kappa shape index (κ3) is 3.72. The first-order chi connectivity index (χ1) is 12.3. The highest BCUT2D eigenvalue weighted by Crippen LogP contribution is 2.31. The molecule has 0 unspecified atom stereocenters. The maximum absolute atomic E-state index is 14.1. The number of rotatable bonds is 4. The number of anilines is 1. The van der Waals surface area contributed by atoms with E-state index in [1.807, 2.05) is 16.8 Å². The van der Waals surface area contributed by atoms with E-state index in [9.17, 15) is 4.39 Å². The quantitative estimate of drug-likeness (QED) is 0.839. The zero-order chi connectivity index (χ0) is 18.9. The molecule has 2 heterocycles. The van der Waals surface area contributed by atoms with Gasteiger partial charge in [-0.25, -0.2) is 9.07 Å². The highest BCUT2D eigenvalue weighted by molar-refractivity contribution is 5.48. The lowest BCUT2D eigenvalue weighted by molar-refractivity contribution is 0.128. The van der Waals surface area contributed by atoms with Gasteiger partial charge >= 0.3 is 0 Å². The summed E-state index contributed by atoms with van der Waals surface area (Å²) in [5, 5.41) is 12.5. The van der Waals surface area contributed by atoms with Crippen molar-refractivity contribution in [3.63, 3.8) is 0 Å². The van der Waals surface area contributed by atoms with E-state index in [-0.39, 0.29) is 17.4 Å². The SMILES string of the molecule is CC(C)[C@@H](c1nnnn1C(C)(C)C)N1CCN(c2ccccc2F)CC1. The van der Waals surface area contributed by atoms with Crippen molar-refractivity contribution >= 4 is 5.69 Å². The largest absolute Gasteiger partial charge is 0.367 e. The van der Waals surface area contributed by atoms with Crippen LogP contribution in [0.3, 0.4) is 0 Å². The lowest BCUT2D eigenvalue weighted by Crippen LogP contribution is -2.49. The summed E-state index contributed by atoms with van der Waals surface area (Å²) >= 11 is 0. The minimum absolute atomic E-state index is 0.145. The van der Waals surface area contributed by atoms with Crippen LogP contribution in [0.2, 0.25) is 0 Å². The Balaban J connectivity index is 1.78.